The predicted octanol–water partition coefficient (Wildman–Crippen LogP) is 5.64. The van der Waals surface area contributed by atoms with Gasteiger partial charge in [0.05, 0.1) is 5.54 Å². The van der Waals surface area contributed by atoms with Crippen molar-refractivity contribution in [3.63, 3.8) is 0 Å². The standard InChI is InChI=1S/C22H27N2S/c1-16-17-8-5-6-9-18(17)23-20(16)21(2)11-13-22(14-12-21,24(3)4)19-10-7-15-25-19/h5-10,15,23H,2,11-14H2,1,3-4H3. The molecule has 0 atom stereocenters. The molecule has 4 rings (SSSR count). The highest BCUT2D eigenvalue weighted by atomic mass is 32.1. The van der Waals surface area contributed by atoms with E-state index >= 15 is 0 Å². The lowest BCUT2D eigenvalue weighted by Gasteiger charge is -2.48. The van der Waals surface area contributed by atoms with Gasteiger partial charge in [-0.1, -0.05) is 24.3 Å². The smallest absolute Gasteiger partial charge is 0.0549 e. The van der Waals surface area contributed by atoms with Crippen LogP contribution in [-0.2, 0) is 11.0 Å². The Morgan fingerprint density at radius 3 is 2.36 bits per heavy atom. The Morgan fingerprint density at radius 1 is 1.04 bits per heavy atom. The maximum absolute atomic E-state index is 4.72. The molecule has 2 aromatic heterocycles. The van der Waals surface area contributed by atoms with Crippen LogP contribution >= 0.6 is 11.3 Å². The number of H-pyrrole nitrogens is 1. The summed E-state index contributed by atoms with van der Waals surface area (Å²) in [5.41, 5.74) is 4.10. The molecule has 2 nitrogen and oxygen atoms in total. The molecule has 0 aliphatic heterocycles. The Morgan fingerprint density at radius 2 is 1.76 bits per heavy atom. The third-order valence-electron chi connectivity index (χ3n) is 6.37. The number of para-hydroxylation sites is 1. The van der Waals surface area contributed by atoms with Crippen LogP contribution < -0.4 is 0 Å². The van der Waals surface area contributed by atoms with Gasteiger partial charge in [0, 0.05) is 26.9 Å². The van der Waals surface area contributed by atoms with Gasteiger partial charge in [0.1, 0.15) is 0 Å². The minimum absolute atomic E-state index is 0.0140. The van der Waals surface area contributed by atoms with E-state index in [9.17, 15) is 0 Å². The third kappa shape index (κ3) is 2.56. The van der Waals surface area contributed by atoms with Crippen LogP contribution in [0.25, 0.3) is 10.9 Å². The first-order valence-electron chi connectivity index (χ1n) is 9.11. The van der Waals surface area contributed by atoms with Gasteiger partial charge in [0.25, 0.3) is 0 Å². The summed E-state index contributed by atoms with van der Waals surface area (Å²) in [4.78, 5) is 7.61. The number of benzene rings is 1. The molecule has 2 heterocycles. The Hall–Kier alpha value is -1.58. The van der Waals surface area contributed by atoms with E-state index in [-0.39, 0.29) is 11.0 Å². The lowest BCUT2D eigenvalue weighted by molar-refractivity contribution is 0.0783. The van der Waals surface area contributed by atoms with Crippen LogP contribution in [0.3, 0.4) is 0 Å². The molecule has 0 amide bonds. The van der Waals surface area contributed by atoms with Gasteiger partial charge in [-0.3, -0.25) is 4.90 Å². The molecule has 1 saturated carbocycles. The Bertz CT molecular complexity index is 865. The van der Waals surface area contributed by atoms with Gasteiger partial charge in [0.2, 0.25) is 0 Å². The Balaban J connectivity index is 1.68. The topological polar surface area (TPSA) is 19.0 Å². The molecular formula is C22H27N2S. The fourth-order valence-electron chi connectivity index (χ4n) is 4.66. The quantitative estimate of drug-likeness (QED) is 0.647. The normalized spacial score (nSPS) is 27.2. The molecule has 3 aromatic rings. The third-order valence-corrected chi connectivity index (χ3v) is 7.43. The lowest BCUT2D eigenvalue weighted by Crippen LogP contribution is -2.47. The van der Waals surface area contributed by atoms with Crippen LogP contribution in [0, 0.1) is 13.8 Å². The van der Waals surface area contributed by atoms with E-state index in [1.54, 1.807) is 0 Å². The molecule has 1 N–H and O–H groups in total. The molecule has 0 unspecified atom stereocenters. The molecule has 1 radical (unpaired) electrons. The molecule has 1 aromatic carbocycles. The highest BCUT2D eigenvalue weighted by molar-refractivity contribution is 7.10. The molecule has 0 bridgehead atoms. The summed E-state index contributed by atoms with van der Waals surface area (Å²) in [7, 11) is 4.45. The van der Waals surface area contributed by atoms with E-state index in [0.29, 0.717) is 0 Å². The number of aromatic nitrogens is 1. The summed E-state index contributed by atoms with van der Waals surface area (Å²) in [5.74, 6) is 0. The SMILES string of the molecule is [CH2]C1(c2[nH]c3ccccc3c2C)CCC(c2cccs2)(N(C)C)CC1. The molecule has 1 aliphatic rings. The second-order valence-corrected chi connectivity index (χ2v) is 8.80. The number of aryl methyl sites for hydroxylation is 1. The van der Waals surface area contributed by atoms with Gasteiger partial charge in [0.15, 0.2) is 0 Å². The molecule has 131 valence electrons. The minimum Gasteiger partial charge on any atom is -0.358 e. The van der Waals surface area contributed by atoms with Crippen molar-refractivity contribution in [3.8, 4) is 0 Å². The van der Waals surface area contributed by atoms with Crippen LogP contribution in [0.1, 0.15) is 41.8 Å². The molecule has 1 aliphatic carbocycles. The summed E-state index contributed by atoms with van der Waals surface area (Å²) in [6.07, 6.45) is 4.52. The Kier molecular flexibility index (Phi) is 4.04. The van der Waals surface area contributed by atoms with Gasteiger partial charge in [-0.2, -0.15) is 0 Å². The molecule has 25 heavy (non-hydrogen) atoms. The van der Waals surface area contributed by atoms with Crippen molar-refractivity contribution in [2.24, 2.45) is 0 Å². The van der Waals surface area contributed by atoms with E-state index in [2.05, 4.69) is 72.7 Å². The number of hydrogen-bond acceptors (Lipinski definition) is 2. The number of hydrogen-bond donors (Lipinski definition) is 1. The Labute approximate surface area is 154 Å². The van der Waals surface area contributed by atoms with Crippen LogP contribution in [0.15, 0.2) is 41.8 Å². The molecule has 1 fully saturated rings. The second-order valence-electron chi connectivity index (χ2n) is 7.85. The first-order valence-corrected chi connectivity index (χ1v) is 9.99. The van der Waals surface area contributed by atoms with Crippen molar-refractivity contribution >= 4 is 22.2 Å². The number of rotatable bonds is 3. The van der Waals surface area contributed by atoms with Crippen molar-refractivity contribution in [1.82, 2.24) is 9.88 Å². The number of thiophene rings is 1. The van der Waals surface area contributed by atoms with Crippen LogP contribution in [0.5, 0.6) is 0 Å². The van der Waals surface area contributed by atoms with Crippen molar-refractivity contribution in [2.45, 2.75) is 43.6 Å². The second kappa shape index (κ2) is 6.00. The molecule has 0 saturated heterocycles. The van der Waals surface area contributed by atoms with E-state index in [0.717, 1.165) is 25.7 Å². The van der Waals surface area contributed by atoms with Gasteiger partial charge in [-0.05, 0) is 76.7 Å². The first-order chi connectivity index (χ1) is 12.0. The maximum atomic E-state index is 4.72. The zero-order valence-corrected chi connectivity index (χ0v) is 16.2. The maximum Gasteiger partial charge on any atom is 0.0549 e. The predicted molar refractivity (Wildman–Crippen MR) is 108 cm³/mol. The van der Waals surface area contributed by atoms with Crippen molar-refractivity contribution in [1.29, 1.82) is 0 Å². The van der Waals surface area contributed by atoms with E-state index in [4.69, 9.17) is 6.92 Å². The minimum atomic E-state index is -0.0140. The summed E-state index contributed by atoms with van der Waals surface area (Å²) < 4.78 is 0. The van der Waals surface area contributed by atoms with Gasteiger partial charge < -0.3 is 4.98 Å². The van der Waals surface area contributed by atoms with Crippen LogP contribution in [0.4, 0.5) is 0 Å². The van der Waals surface area contributed by atoms with E-state index in [1.807, 2.05) is 11.3 Å². The van der Waals surface area contributed by atoms with Crippen molar-refractivity contribution in [2.75, 3.05) is 14.1 Å². The zero-order chi connectivity index (χ0) is 17.7. The van der Waals surface area contributed by atoms with Crippen molar-refractivity contribution in [3.05, 3.63) is 64.8 Å². The summed E-state index contributed by atoms with van der Waals surface area (Å²) >= 11 is 1.89. The molecule has 0 spiro atoms. The van der Waals surface area contributed by atoms with E-state index < -0.39 is 0 Å². The monoisotopic (exact) mass is 351 g/mol. The average Bonchev–Trinajstić information content (AvgIpc) is 3.25. The summed E-state index contributed by atoms with van der Waals surface area (Å²) in [6, 6.07) is 13.1. The summed E-state index contributed by atoms with van der Waals surface area (Å²) in [6.45, 7) is 6.96. The molecule has 3 heteroatoms. The van der Waals surface area contributed by atoms with Gasteiger partial charge in [-0.15, -0.1) is 11.3 Å². The van der Waals surface area contributed by atoms with Gasteiger partial charge in [-0.25, -0.2) is 0 Å². The number of nitrogens with one attached hydrogen (secondary N) is 1. The summed E-state index contributed by atoms with van der Waals surface area (Å²) in [5, 5.41) is 3.54. The average molecular weight is 352 g/mol. The number of nitrogens with zero attached hydrogens (tertiary/aromatic N) is 1. The number of aromatic amines is 1. The molecular weight excluding hydrogens is 324 g/mol. The van der Waals surface area contributed by atoms with E-state index in [1.165, 1.54) is 27.0 Å². The first kappa shape index (κ1) is 16.9. The lowest BCUT2D eigenvalue weighted by atomic mass is 9.65. The number of fused-ring (bicyclic) bond motifs is 1. The zero-order valence-electron chi connectivity index (χ0n) is 15.4. The highest BCUT2D eigenvalue weighted by Crippen LogP contribution is 2.50. The van der Waals surface area contributed by atoms with Crippen molar-refractivity contribution < 1.29 is 0 Å². The fourth-order valence-corrected chi connectivity index (χ4v) is 5.73. The fraction of sp³-hybridized carbons (Fsp3) is 0.409. The van der Waals surface area contributed by atoms with Gasteiger partial charge >= 0.3 is 0 Å². The largest absolute Gasteiger partial charge is 0.358 e. The van der Waals surface area contributed by atoms with Crippen LogP contribution in [-0.4, -0.2) is 24.0 Å². The van der Waals surface area contributed by atoms with Crippen LogP contribution in [0.2, 0.25) is 0 Å². The highest BCUT2D eigenvalue weighted by Gasteiger charge is 2.45.